The Hall–Kier alpha value is -2.61. The van der Waals surface area contributed by atoms with E-state index in [-0.39, 0.29) is 27.0 Å². The van der Waals surface area contributed by atoms with E-state index in [1.807, 2.05) is 0 Å². The van der Waals surface area contributed by atoms with Gasteiger partial charge in [-0.1, -0.05) is 0 Å². The van der Waals surface area contributed by atoms with Crippen molar-refractivity contribution in [3.63, 3.8) is 0 Å². The van der Waals surface area contributed by atoms with Crippen LogP contribution in [0.1, 0.15) is 0 Å². The first-order chi connectivity index (χ1) is 10.8. The molecule has 0 aromatic heterocycles. The van der Waals surface area contributed by atoms with Crippen molar-refractivity contribution in [2.75, 3.05) is 32.8 Å². The van der Waals surface area contributed by atoms with Gasteiger partial charge in [-0.2, -0.15) is 0 Å². The van der Waals surface area contributed by atoms with E-state index in [9.17, 15) is 8.42 Å². The van der Waals surface area contributed by atoms with Crippen molar-refractivity contribution in [3.05, 3.63) is 30.3 Å². The molecule has 0 saturated heterocycles. The number of methoxy groups -OCH3 is 3. The van der Waals surface area contributed by atoms with E-state index in [0.29, 0.717) is 11.4 Å². The zero-order chi connectivity index (χ0) is 17.2. The lowest BCUT2D eigenvalue weighted by atomic mass is 10.3. The number of rotatable bonds is 5. The van der Waals surface area contributed by atoms with Gasteiger partial charge in [0.15, 0.2) is 11.5 Å². The summed E-state index contributed by atoms with van der Waals surface area (Å²) < 4.78 is 41.2. The third-order valence-electron chi connectivity index (χ3n) is 3.27. The molecule has 7 nitrogen and oxygen atoms in total. The minimum Gasteiger partial charge on any atom is -0.493 e. The molecule has 0 heterocycles. The fraction of sp³-hybridized carbons (Fsp3) is 0.200. The van der Waals surface area contributed by atoms with Crippen LogP contribution in [0.25, 0.3) is 0 Å². The van der Waals surface area contributed by atoms with Crippen molar-refractivity contribution < 1.29 is 22.6 Å². The third-order valence-corrected chi connectivity index (χ3v) is 5.08. The quantitative estimate of drug-likeness (QED) is 0.798. The molecule has 8 heteroatoms. The van der Waals surface area contributed by atoms with Gasteiger partial charge >= 0.3 is 0 Å². The highest BCUT2D eigenvalue weighted by atomic mass is 32.2. The van der Waals surface area contributed by atoms with Crippen LogP contribution < -0.4 is 25.7 Å². The normalized spacial score (nSPS) is 11.1. The third kappa shape index (κ3) is 2.98. The van der Waals surface area contributed by atoms with Gasteiger partial charge in [0, 0.05) is 17.8 Å². The smallest absolute Gasteiger partial charge is 0.208 e. The van der Waals surface area contributed by atoms with Crippen molar-refractivity contribution >= 4 is 21.2 Å². The monoisotopic (exact) mass is 338 g/mol. The molecule has 0 fully saturated rings. The van der Waals surface area contributed by atoms with Gasteiger partial charge in [-0.3, -0.25) is 0 Å². The Kier molecular flexibility index (Phi) is 4.55. The number of hydrogen-bond donors (Lipinski definition) is 2. The van der Waals surface area contributed by atoms with Crippen LogP contribution in [-0.4, -0.2) is 29.7 Å². The van der Waals surface area contributed by atoms with Crippen LogP contribution in [0.5, 0.6) is 17.2 Å². The Morgan fingerprint density at radius 2 is 1.43 bits per heavy atom. The molecular formula is C15H18N2O5S. The SMILES string of the molecule is COc1cc(S(=O)(=O)c2ccc(N)cc2N)cc(OC)c1OC. The minimum absolute atomic E-state index is 0.0246. The second kappa shape index (κ2) is 6.25. The highest BCUT2D eigenvalue weighted by molar-refractivity contribution is 7.91. The lowest BCUT2D eigenvalue weighted by Crippen LogP contribution is -2.07. The van der Waals surface area contributed by atoms with Gasteiger partial charge in [-0.15, -0.1) is 0 Å². The molecule has 0 aliphatic heterocycles. The molecule has 0 aliphatic carbocycles. The Morgan fingerprint density at radius 3 is 1.87 bits per heavy atom. The summed E-state index contributed by atoms with van der Waals surface area (Å²) in [6.07, 6.45) is 0. The van der Waals surface area contributed by atoms with Crippen LogP contribution in [0.3, 0.4) is 0 Å². The molecular weight excluding hydrogens is 320 g/mol. The van der Waals surface area contributed by atoms with Gasteiger partial charge in [-0.25, -0.2) is 8.42 Å². The van der Waals surface area contributed by atoms with Crippen molar-refractivity contribution in [1.82, 2.24) is 0 Å². The molecule has 0 amide bonds. The molecule has 23 heavy (non-hydrogen) atoms. The number of ether oxygens (including phenoxy) is 3. The highest BCUT2D eigenvalue weighted by Gasteiger charge is 2.25. The molecule has 2 rings (SSSR count). The first kappa shape index (κ1) is 16.8. The fourth-order valence-electron chi connectivity index (χ4n) is 2.15. The molecule has 0 atom stereocenters. The van der Waals surface area contributed by atoms with E-state index in [2.05, 4.69) is 0 Å². The number of nitrogen functional groups attached to an aromatic ring is 2. The first-order valence-electron chi connectivity index (χ1n) is 6.55. The lowest BCUT2D eigenvalue weighted by molar-refractivity contribution is 0.323. The van der Waals surface area contributed by atoms with E-state index in [1.54, 1.807) is 0 Å². The number of benzene rings is 2. The summed E-state index contributed by atoms with van der Waals surface area (Å²) in [5, 5.41) is 0. The highest BCUT2D eigenvalue weighted by Crippen LogP contribution is 2.41. The minimum atomic E-state index is -3.87. The molecule has 0 spiro atoms. The van der Waals surface area contributed by atoms with Gasteiger partial charge in [0.25, 0.3) is 0 Å². The summed E-state index contributed by atoms with van der Waals surface area (Å²) >= 11 is 0. The van der Waals surface area contributed by atoms with Gasteiger partial charge < -0.3 is 25.7 Å². The fourth-order valence-corrected chi connectivity index (χ4v) is 3.55. The maximum atomic E-state index is 12.8. The molecule has 4 N–H and O–H groups in total. The molecule has 0 aliphatic rings. The Labute approximate surface area is 134 Å². The lowest BCUT2D eigenvalue weighted by Gasteiger charge is -2.15. The van der Waals surface area contributed by atoms with Gasteiger partial charge in [0.2, 0.25) is 15.6 Å². The molecule has 0 unspecified atom stereocenters. The van der Waals surface area contributed by atoms with E-state index >= 15 is 0 Å². The molecule has 2 aromatic carbocycles. The Bertz CT molecular complexity index is 809. The van der Waals surface area contributed by atoms with Gasteiger partial charge in [0.1, 0.15) is 0 Å². The van der Waals surface area contributed by atoms with Gasteiger partial charge in [0.05, 0.1) is 36.8 Å². The van der Waals surface area contributed by atoms with E-state index in [1.165, 1.54) is 51.7 Å². The van der Waals surface area contributed by atoms with E-state index in [0.717, 1.165) is 0 Å². The number of nitrogens with two attached hydrogens (primary N) is 2. The second-order valence-electron chi connectivity index (χ2n) is 4.66. The van der Waals surface area contributed by atoms with Crippen LogP contribution in [0.2, 0.25) is 0 Å². The molecule has 2 aromatic rings. The molecule has 0 saturated carbocycles. The maximum absolute atomic E-state index is 12.8. The average molecular weight is 338 g/mol. The van der Waals surface area contributed by atoms with Crippen LogP contribution >= 0.6 is 0 Å². The van der Waals surface area contributed by atoms with Crippen molar-refractivity contribution in [3.8, 4) is 17.2 Å². The first-order valence-corrected chi connectivity index (χ1v) is 8.03. The predicted octanol–water partition coefficient (Wildman–Crippen LogP) is 1.71. The largest absolute Gasteiger partial charge is 0.493 e. The topological polar surface area (TPSA) is 114 Å². The second-order valence-corrected chi connectivity index (χ2v) is 6.58. The molecule has 0 radical (unpaired) electrons. The number of anilines is 2. The van der Waals surface area contributed by atoms with Crippen LogP contribution in [0, 0.1) is 0 Å². The zero-order valence-electron chi connectivity index (χ0n) is 13.0. The summed E-state index contributed by atoms with van der Waals surface area (Å²) in [4.78, 5) is -0.0653. The number of sulfone groups is 1. The summed E-state index contributed by atoms with van der Waals surface area (Å²) in [6.45, 7) is 0. The van der Waals surface area contributed by atoms with Crippen molar-refractivity contribution in [1.29, 1.82) is 0 Å². The molecule has 0 bridgehead atoms. The van der Waals surface area contributed by atoms with Crippen LogP contribution in [-0.2, 0) is 9.84 Å². The number of hydrogen-bond acceptors (Lipinski definition) is 7. The summed E-state index contributed by atoms with van der Waals surface area (Å²) in [7, 11) is 0.380. The van der Waals surface area contributed by atoms with Crippen LogP contribution in [0.15, 0.2) is 40.1 Å². The predicted molar refractivity (Wildman–Crippen MR) is 86.8 cm³/mol. The van der Waals surface area contributed by atoms with E-state index < -0.39 is 9.84 Å². The standard InChI is InChI=1S/C15H18N2O5S/c1-20-12-7-10(8-13(21-2)15(12)22-3)23(18,19)14-5-4-9(16)6-11(14)17/h4-8H,16-17H2,1-3H3. The summed E-state index contributed by atoms with van der Waals surface area (Å²) in [6, 6.07) is 6.94. The van der Waals surface area contributed by atoms with Crippen molar-refractivity contribution in [2.45, 2.75) is 9.79 Å². The van der Waals surface area contributed by atoms with Crippen LogP contribution in [0.4, 0.5) is 11.4 Å². The maximum Gasteiger partial charge on any atom is 0.208 e. The van der Waals surface area contributed by atoms with E-state index in [4.69, 9.17) is 25.7 Å². The average Bonchev–Trinajstić information content (AvgIpc) is 2.52. The zero-order valence-corrected chi connectivity index (χ0v) is 13.8. The summed E-state index contributed by atoms with van der Waals surface area (Å²) in [5.41, 5.74) is 11.9. The summed E-state index contributed by atoms with van der Waals surface area (Å²) in [5.74, 6) is 0.776. The molecule has 124 valence electrons. The van der Waals surface area contributed by atoms with Gasteiger partial charge in [-0.05, 0) is 18.2 Å². The Balaban J connectivity index is 2.69. The Morgan fingerprint density at radius 1 is 0.870 bits per heavy atom. The van der Waals surface area contributed by atoms with Crippen molar-refractivity contribution in [2.24, 2.45) is 0 Å².